The fourth-order valence-corrected chi connectivity index (χ4v) is 2.08. The molecule has 1 aromatic carbocycles. The zero-order chi connectivity index (χ0) is 14.0. The molecule has 0 spiro atoms. The molecule has 0 aliphatic heterocycles. The van der Waals surface area contributed by atoms with Gasteiger partial charge in [0.25, 0.3) is 0 Å². The Kier molecular flexibility index (Phi) is 3.90. The van der Waals surface area contributed by atoms with Crippen LogP contribution in [0.25, 0.3) is 0 Å². The van der Waals surface area contributed by atoms with E-state index in [0.29, 0.717) is 17.1 Å². The Labute approximate surface area is 116 Å². The molecule has 1 N–H and O–H groups in total. The number of imidazole rings is 1. The van der Waals surface area contributed by atoms with Crippen molar-refractivity contribution in [1.29, 1.82) is 0 Å². The first-order chi connectivity index (χ1) is 8.97. The van der Waals surface area contributed by atoms with E-state index in [-0.39, 0.29) is 6.42 Å². The molecular weight excluding hydrogens is 264 g/mol. The summed E-state index contributed by atoms with van der Waals surface area (Å²) in [5.74, 6) is -0.00434. The Balaban J connectivity index is 2.25. The Morgan fingerprint density at radius 2 is 2.00 bits per heavy atom. The van der Waals surface area contributed by atoms with E-state index < -0.39 is 5.97 Å². The highest BCUT2D eigenvalue weighted by Gasteiger charge is 2.13. The number of aliphatic carboxylic acids is 1. The molecule has 0 saturated carbocycles. The van der Waals surface area contributed by atoms with Crippen molar-refractivity contribution < 1.29 is 9.90 Å². The summed E-state index contributed by atoms with van der Waals surface area (Å²) in [6.45, 7) is 1.89. The molecule has 0 bridgehead atoms. The van der Waals surface area contributed by atoms with Gasteiger partial charge in [0.1, 0.15) is 5.82 Å². The maximum absolute atomic E-state index is 10.8. The highest BCUT2D eigenvalue weighted by Crippen LogP contribution is 2.16. The third-order valence-electron chi connectivity index (χ3n) is 3.17. The summed E-state index contributed by atoms with van der Waals surface area (Å²) in [6, 6.07) is 7.57. The van der Waals surface area contributed by atoms with Crippen molar-refractivity contribution in [3.63, 3.8) is 0 Å². The summed E-state index contributed by atoms with van der Waals surface area (Å²) in [6.07, 6.45) is 0.619. The number of aromatic nitrogens is 2. The van der Waals surface area contributed by atoms with E-state index in [0.717, 1.165) is 17.1 Å². The van der Waals surface area contributed by atoms with Crippen molar-refractivity contribution >= 4 is 17.6 Å². The zero-order valence-corrected chi connectivity index (χ0v) is 11.6. The zero-order valence-electron chi connectivity index (χ0n) is 10.9. The quantitative estimate of drug-likeness (QED) is 0.935. The van der Waals surface area contributed by atoms with Gasteiger partial charge in [-0.15, -0.1) is 0 Å². The first kappa shape index (κ1) is 13.6. The van der Waals surface area contributed by atoms with Crippen molar-refractivity contribution in [2.45, 2.75) is 19.8 Å². The molecule has 1 aromatic heterocycles. The van der Waals surface area contributed by atoms with Crippen molar-refractivity contribution in [2.75, 3.05) is 0 Å². The minimum absolute atomic E-state index is 0.0414. The molecule has 2 aromatic rings. The molecule has 5 heteroatoms. The van der Waals surface area contributed by atoms with Gasteiger partial charge in [-0.05, 0) is 24.6 Å². The number of hydrogen-bond acceptors (Lipinski definition) is 2. The molecule has 0 aliphatic carbocycles. The molecule has 4 nitrogen and oxygen atoms in total. The number of nitrogens with zero attached hydrogens (tertiary/aromatic N) is 2. The molecule has 0 atom stereocenters. The molecule has 0 fully saturated rings. The smallest absolute Gasteiger partial charge is 0.309 e. The lowest BCUT2D eigenvalue weighted by Crippen LogP contribution is -2.02. The van der Waals surface area contributed by atoms with Crippen LogP contribution in [0.15, 0.2) is 24.3 Å². The van der Waals surface area contributed by atoms with Crippen LogP contribution >= 0.6 is 11.6 Å². The van der Waals surface area contributed by atoms with Gasteiger partial charge in [-0.25, -0.2) is 4.98 Å². The number of carboxylic acids is 1. The molecule has 19 heavy (non-hydrogen) atoms. The molecule has 0 amide bonds. The van der Waals surface area contributed by atoms with Gasteiger partial charge in [-0.1, -0.05) is 23.7 Å². The average Bonchev–Trinajstić information content (AvgIpc) is 2.60. The molecule has 0 unspecified atom stereocenters. The fourth-order valence-electron chi connectivity index (χ4n) is 1.95. The normalized spacial score (nSPS) is 10.7. The van der Waals surface area contributed by atoms with Gasteiger partial charge >= 0.3 is 5.97 Å². The Morgan fingerprint density at radius 1 is 1.37 bits per heavy atom. The van der Waals surface area contributed by atoms with E-state index in [9.17, 15) is 4.79 Å². The molecule has 2 rings (SSSR count). The average molecular weight is 279 g/mol. The molecule has 1 heterocycles. The number of carboxylic acid groups (broad SMARTS) is 1. The number of rotatable bonds is 4. The third-order valence-corrected chi connectivity index (χ3v) is 3.42. The summed E-state index contributed by atoms with van der Waals surface area (Å²) in [7, 11) is 1.90. The summed E-state index contributed by atoms with van der Waals surface area (Å²) >= 11 is 5.85. The van der Waals surface area contributed by atoms with Crippen LogP contribution in [0.2, 0.25) is 5.02 Å². The maximum Gasteiger partial charge on any atom is 0.309 e. The van der Waals surface area contributed by atoms with Gasteiger partial charge in [0.05, 0.1) is 12.1 Å². The predicted octanol–water partition coefficient (Wildman–Crippen LogP) is 2.60. The van der Waals surface area contributed by atoms with Crippen LogP contribution in [0, 0.1) is 6.92 Å². The fraction of sp³-hybridized carbons (Fsp3) is 0.286. The number of benzene rings is 1. The summed E-state index contributed by atoms with van der Waals surface area (Å²) < 4.78 is 1.94. The SMILES string of the molecule is Cc1c(CC(=O)O)nc(Cc2ccc(Cl)cc2)n1C. The third kappa shape index (κ3) is 3.15. The number of hydrogen-bond donors (Lipinski definition) is 1. The lowest BCUT2D eigenvalue weighted by Gasteiger charge is -2.03. The lowest BCUT2D eigenvalue weighted by molar-refractivity contribution is -0.136. The molecule has 0 radical (unpaired) electrons. The van der Waals surface area contributed by atoms with Gasteiger partial charge < -0.3 is 9.67 Å². The Hall–Kier alpha value is -1.81. The largest absolute Gasteiger partial charge is 0.481 e. The lowest BCUT2D eigenvalue weighted by atomic mass is 10.1. The van der Waals surface area contributed by atoms with Crippen LogP contribution in [0.4, 0.5) is 0 Å². The first-order valence-corrected chi connectivity index (χ1v) is 6.32. The van der Waals surface area contributed by atoms with Crippen LogP contribution in [-0.4, -0.2) is 20.6 Å². The monoisotopic (exact) mass is 278 g/mol. The van der Waals surface area contributed by atoms with Gasteiger partial charge in [0.15, 0.2) is 0 Å². The minimum atomic E-state index is -0.862. The van der Waals surface area contributed by atoms with Crippen LogP contribution in [0.5, 0.6) is 0 Å². The van der Waals surface area contributed by atoms with Crippen LogP contribution < -0.4 is 0 Å². The highest BCUT2D eigenvalue weighted by atomic mass is 35.5. The predicted molar refractivity (Wildman–Crippen MR) is 73.5 cm³/mol. The molecule has 0 saturated heterocycles. The second-order valence-corrected chi connectivity index (χ2v) is 4.93. The topological polar surface area (TPSA) is 55.1 Å². The Bertz CT molecular complexity index is 603. The van der Waals surface area contributed by atoms with E-state index in [1.807, 2.05) is 42.8 Å². The van der Waals surface area contributed by atoms with Crippen molar-refractivity contribution in [3.05, 3.63) is 52.1 Å². The van der Waals surface area contributed by atoms with Crippen molar-refractivity contribution in [1.82, 2.24) is 9.55 Å². The van der Waals surface area contributed by atoms with Crippen molar-refractivity contribution in [3.8, 4) is 0 Å². The number of halogens is 1. The van der Waals surface area contributed by atoms with Crippen molar-refractivity contribution in [2.24, 2.45) is 7.05 Å². The summed E-state index contributed by atoms with van der Waals surface area (Å²) in [5.41, 5.74) is 2.62. The van der Waals surface area contributed by atoms with Gasteiger partial charge in [0.2, 0.25) is 0 Å². The van der Waals surface area contributed by atoms with Gasteiger partial charge in [-0.2, -0.15) is 0 Å². The Morgan fingerprint density at radius 3 is 2.58 bits per heavy atom. The molecule has 0 aliphatic rings. The maximum atomic E-state index is 10.8. The van der Waals surface area contributed by atoms with E-state index in [4.69, 9.17) is 16.7 Å². The van der Waals surface area contributed by atoms with Gasteiger partial charge in [0, 0.05) is 24.2 Å². The molecule has 100 valence electrons. The first-order valence-electron chi connectivity index (χ1n) is 5.94. The summed E-state index contributed by atoms with van der Waals surface area (Å²) in [5, 5.41) is 9.55. The van der Waals surface area contributed by atoms with E-state index in [1.165, 1.54) is 0 Å². The summed E-state index contributed by atoms with van der Waals surface area (Å²) in [4.78, 5) is 15.2. The van der Waals surface area contributed by atoms with E-state index >= 15 is 0 Å². The van der Waals surface area contributed by atoms with Crippen LogP contribution in [0.3, 0.4) is 0 Å². The standard InChI is InChI=1S/C14H15ClN2O2/c1-9-12(8-14(18)19)16-13(17(9)2)7-10-3-5-11(15)6-4-10/h3-6H,7-8H2,1-2H3,(H,18,19). The van der Waals surface area contributed by atoms with E-state index in [1.54, 1.807) is 0 Å². The van der Waals surface area contributed by atoms with Crippen LogP contribution in [-0.2, 0) is 24.7 Å². The molecular formula is C14H15ClN2O2. The second-order valence-electron chi connectivity index (χ2n) is 4.49. The number of carbonyl (C=O) groups is 1. The minimum Gasteiger partial charge on any atom is -0.481 e. The second kappa shape index (κ2) is 5.45. The van der Waals surface area contributed by atoms with E-state index in [2.05, 4.69) is 4.98 Å². The van der Waals surface area contributed by atoms with Gasteiger partial charge in [-0.3, -0.25) is 4.79 Å². The highest BCUT2D eigenvalue weighted by molar-refractivity contribution is 6.30. The van der Waals surface area contributed by atoms with Crippen LogP contribution in [0.1, 0.15) is 22.8 Å².